The molecule has 1 rings (SSSR count). The molecule has 4 heteroatoms. The molecular weight excluding hydrogens is 221 g/mol. The van der Waals surface area contributed by atoms with Crippen molar-refractivity contribution in [2.24, 2.45) is 0 Å². The topological polar surface area (TPSA) is 49.3 Å². The first-order valence-corrected chi connectivity index (χ1v) is 5.75. The molecule has 0 bridgehead atoms. The normalized spacial score (nSPS) is 14.3. The zero-order chi connectivity index (χ0) is 12.9. The van der Waals surface area contributed by atoms with Crippen LogP contribution in [0.3, 0.4) is 0 Å². The largest absolute Gasteiger partial charge is 0.480 e. The molecule has 0 saturated heterocycles. The zero-order valence-corrected chi connectivity index (χ0v) is 10.2. The van der Waals surface area contributed by atoms with Gasteiger partial charge in [-0.2, -0.15) is 0 Å². The van der Waals surface area contributed by atoms with E-state index in [0.717, 1.165) is 12.8 Å². The Balaban J connectivity index is 2.99. The molecule has 0 radical (unpaired) electrons. The number of hydrogen-bond acceptors (Lipinski definition) is 2. The molecule has 2 N–H and O–H groups in total. The standard InChI is InChI=1S/C13H18FNO2/c1-3-4-9-15-13(2,12(16)17)10-7-5-6-8-11(10)14/h5-8,15H,3-4,9H2,1-2H3,(H,16,17). The second-order valence-corrected chi connectivity index (χ2v) is 4.19. The minimum absolute atomic E-state index is 0.170. The Morgan fingerprint density at radius 3 is 2.65 bits per heavy atom. The first kappa shape index (κ1) is 13.6. The third kappa shape index (κ3) is 3.03. The van der Waals surface area contributed by atoms with Gasteiger partial charge in [-0.1, -0.05) is 31.5 Å². The second kappa shape index (κ2) is 5.77. The maximum absolute atomic E-state index is 13.7. The van der Waals surface area contributed by atoms with Crippen molar-refractivity contribution in [1.29, 1.82) is 0 Å². The van der Waals surface area contributed by atoms with Gasteiger partial charge in [0.05, 0.1) is 0 Å². The van der Waals surface area contributed by atoms with E-state index in [9.17, 15) is 14.3 Å². The van der Waals surface area contributed by atoms with Gasteiger partial charge in [0.25, 0.3) is 0 Å². The summed E-state index contributed by atoms with van der Waals surface area (Å²) in [5.41, 5.74) is -1.20. The molecule has 0 aliphatic heterocycles. The van der Waals surface area contributed by atoms with Gasteiger partial charge in [-0.05, 0) is 26.0 Å². The average molecular weight is 239 g/mol. The fraction of sp³-hybridized carbons (Fsp3) is 0.462. The van der Waals surface area contributed by atoms with E-state index in [4.69, 9.17) is 0 Å². The molecule has 3 nitrogen and oxygen atoms in total. The molecule has 1 atom stereocenters. The molecule has 0 amide bonds. The van der Waals surface area contributed by atoms with Crippen LogP contribution >= 0.6 is 0 Å². The number of carboxylic acids is 1. The molecule has 0 aliphatic carbocycles. The lowest BCUT2D eigenvalue weighted by Gasteiger charge is -2.27. The van der Waals surface area contributed by atoms with Crippen molar-refractivity contribution in [3.8, 4) is 0 Å². The number of unbranched alkanes of at least 4 members (excludes halogenated alkanes) is 1. The van der Waals surface area contributed by atoms with Gasteiger partial charge < -0.3 is 5.11 Å². The Labute approximate surface area is 101 Å². The lowest BCUT2D eigenvalue weighted by Crippen LogP contribution is -2.47. The molecule has 0 saturated carbocycles. The number of hydrogen-bond donors (Lipinski definition) is 2. The van der Waals surface area contributed by atoms with Gasteiger partial charge in [0.2, 0.25) is 0 Å². The summed E-state index contributed by atoms with van der Waals surface area (Å²) in [6.45, 7) is 4.06. The minimum atomic E-state index is -1.37. The maximum Gasteiger partial charge on any atom is 0.328 e. The highest BCUT2D eigenvalue weighted by atomic mass is 19.1. The van der Waals surface area contributed by atoms with Crippen LogP contribution in [0.5, 0.6) is 0 Å². The summed E-state index contributed by atoms with van der Waals surface area (Å²) in [7, 11) is 0. The van der Waals surface area contributed by atoms with Crippen molar-refractivity contribution in [3.63, 3.8) is 0 Å². The van der Waals surface area contributed by atoms with Crippen LogP contribution in [0.2, 0.25) is 0 Å². The van der Waals surface area contributed by atoms with Crippen LogP contribution in [-0.2, 0) is 10.3 Å². The molecule has 0 heterocycles. The van der Waals surface area contributed by atoms with Crippen LogP contribution in [0, 0.1) is 5.82 Å². The Bertz CT molecular complexity index is 395. The summed E-state index contributed by atoms with van der Waals surface area (Å²) >= 11 is 0. The second-order valence-electron chi connectivity index (χ2n) is 4.19. The van der Waals surface area contributed by atoms with Crippen molar-refractivity contribution < 1.29 is 14.3 Å². The van der Waals surface area contributed by atoms with Crippen LogP contribution in [0.25, 0.3) is 0 Å². The number of benzene rings is 1. The van der Waals surface area contributed by atoms with E-state index in [1.165, 1.54) is 19.1 Å². The van der Waals surface area contributed by atoms with Gasteiger partial charge in [0, 0.05) is 5.56 Å². The van der Waals surface area contributed by atoms with Crippen molar-refractivity contribution in [2.75, 3.05) is 6.54 Å². The van der Waals surface area contributed by atoms with E-state index in [1.807, 2.05) is 6.92 Å². The maximum atomic E-state index is 13.7. The highest BCUT2D eigenvalue weighted by molar-refractivity contribution is 5.80. The van der Waals surface area contributed by atoms with Gasteiger partial charge in [0.1, 0.15) is 11.4 Å². The van der Waals surface area contributed by atoms with Gasteiger partial charge in [0.15, 0.2) is 0 Å². The Morgan fingerprint density at radius 1 is 1.47 bits per heavy atom. The van der Waals surface area contributed by atoms with Crippen LogP contribution in [0.1, 0.15) is 32.3 Å². The highest BCUT2D eigenvalue weighted by Gasteiger charge is 2.36. The molecule has 0 spiro atoms. The van der Waals surface area contributed by atoms with E-state index >= 15 is 0 Å². The van der Waals surface area contributed by atoms with E-state index in [2.05, 4.69) is 5.32 Å². The van der Waals surface area contributed by atoms with Crippen molar-refractivity contribution >= 4 is 5.97 Å². The molecule has 0 aromatic heterocycles. The molecular formula is C13H18FNO2. The number of carbonyl (C=O) groups is 1. The molecule has 17 heavy (non-hydrogen) atoms. The van der Waals surface area contributed by atoms with Crippen LogP contribution < -0.4 is 5.32 Å². The minimum Gasteiger partial charge on any atom is -0.480 e. The summed E-state index contributed by atoms with van der Waals surface area (Å²) < 4.78 is 13.7. The van der Waals surface area contributed by atoms with Crippen molar-refractivity contribution in [3.05, 3.63) is 35.6 Å². The summed E-state index contributed by atoms with van der Waals surface area (Å²) in [5.74, 6) is -1.57. The third-order valence-corrected chi connectivity index (χ3v) is 2.85. The van der Waals surface area contributed by atoms with Crippen molar-refractivity contribution in [2.45, 2.75) is 32.2 Å². The number of carboxylic acid groups (broad SMARTS) is 1. The van der Waals surface area contributed by atoms with Crippen LogP contribution in [-0.4, -0.2) is 17.6 Å². The van der Waals surface area contributed by atoms with Crippen LogP contribution in [0.15, 0.2) is 24.3 Å². The predicted molar refractivity (Wildman–Crippen MR) is 64.3 cm³/mol. The monoisotopic (exact) mass is 239 g/mol. The highest BCUT2D eigenvalue weighted by Crippen LogP contribution is 2.23. The zero-order valence-electron chi connectivity index (χ0n) is 10.2. The molecule has 1 aromatic carbocycles. The van der Waals surface area contributed by atoms with Gasteiger partial charge in [-0.25, -0.2) is 9.18 Å². The summed E-state index contributed by atoms with van der Waals surface area (Å²) in [5, 5.41) is 12.2. The lowest BCUT2D eigenvalue weighted by molar-refractivity contribution is -0.144. The van der Waals surface area contributed by atoms with Crippen molar-refractivity contribution in [1.82, 2.24) is 5.32 Å². The molecule has 1 unspecified atom stereocenters. The van der Waals surface area contributed by atoms with Gasteiger partial charge >= 0.3 is 5.97 Å². The predicted octanol–water partition coefficient (Wildman–Crippen LogP) is 2.52. The number of rotatable bonds is 6. The first-order chi connectivity index (χ1) is 8.02. The number of aliphatic carboxylic acids is 1. The third-order valence-electron chi connectivity index (χ3n) is 2.85. The Kier molecular flexibility index (Phi) is 4.63. The fourth-order valence-electron chi connectivity index (χ4n) is 1.67. The summed E-state index contributed by atoms with van der Waals surface area (Å²) in [6.07, 6.45) is 1.82. The van der Waals surface area contributed by atoms with E-state index in [-0.39, 0.29) is 5.56 Å². The van der Waals surface area contributed by atoms with E-state index < -0.39 is 17.3 Å². The Hall–Kier alpha value is -1.42. The molecule has 1 aromatic rings. The first-order valence-electron chi connectivity index (χ1n) is 5.75. The molecule has 94 valence electrons. The van der Waals surface area contributed by atoms with E-state index in [0.29, 0.717) is 6.54 Å². The average Bonchev–Trinajstić information content (AvgIpc) is 2.29. The molecule has 0 aliphatic rings. The van der Waals surface area contributed by atoms with Gasteiger partial charge in [-0.3, -0.25) is 5.32 Å². The smallest absolute Gasteiger partial charge is 0.328 e. The van der Waals surface area contributed by atoms with Gasteiger partial charge in [-0.15, -0.1) is 0 Å². The summed E-state index contributed by atoms with van der Waals surface area (Å²) in [4.78, 5) is 11.3. The SMILES string of the molecule is CCCCNC(C)(C(=O)O)c1ccccc1F. The van der Waals surface area contributed by atoms with Crippen LogP contribution in [0.4, 0.5) is 4.39 Å². The quantitative estimate of drug-likeness (QED) is 0.750. The fourth-order valence-corrected chi connectivity index (χ4v) is 1.67. The number of halogens is 1. The summed E-state index contributed by atoms with van der Waals surface area (Å²) in [6, 6.07) is 5.97. The Morgan fingerprint density at radius 2 is 2.12 bits per heavy atom. The van der Waals surface area contributed by atoms with E-state index in [1.54, 1.807) is 12.1 Å². The molecule has 0 fully saturated rings. The lowest BCUT2D eigenvalue weighted by atomic mass is 9.91. The number of nitrogens with one attached hydrogen (secondary N) is 1.